The van der Waals surface area contributed by atoms with E-state index in [2.05, 4.69) is 9.47 Å². The summed E-state index contributed by atoms with van der Waals surface area (Å²) in [7, 11) is 2.46. The summed E-state index contributed by atoms with van der Waals surface area (Å²) in [5, 5.41) is 0. The smallest absolute Gasteiger partial charge is 0.319 e. The van der Waals surface area contributed by atoms with Gasteiger partial charge in [0.1, 0.15) is 5.41 Å². The lowest BCUT2D eigenvalue weighted by atomic mass is 9.72. The van der Waals surface area contributed by atoms with E-state index in [-0.39, 0.29) is 38.1 Å². The second kappa shape index (κ2) is 9.97. The van der Waals surface area contributed by atoms with Crippen molar-refractivity contribution in [1.82, 2.24) is 0 Å². The first kappa shape index (κ1) is 21.1. The third-order valence-corrected chi connectivity index (χ3v) is 3.63. The molecule has 0 saturated heterocycles. The minimum absolute atomic E-state index is 0.0630. The molecule has 0 rings (SSSR count). The van der Waals surface area contributed by atoms with Crippen LogP contribution in [0.15, 0.2) is 0 Å². The van der Waals surface area contributed by atoms with Crippen molar-refractivity contribution in [2.45, 2.75) is 46.5 Å². The van der Waals surface area contributed by atoms with Crippen LogP contribution in [0.3, 0.4) is 0 Å². The monoisotopic (exact) mass is 330 g/mol. The summed E-state index contributed by atoms with van der Waals surface area (Å²) in [4.78, 5) is 48.0. The number of hydrogen-bond donors (Lipinski definition) is 0. The minimum Gasteiger partial charge on any atom is -0.469 e. The Labute approximate surface area is 136 Å². The molecule has 0 aliphatic rings. The maximum absolute atomic E-state index is 12.7. The number of carbonyl (C=O) groups is 4. The van der Waals surface area contributed by atoms with Crippen LogP contribution in [-0.2, 0) is 33.4 Å². The summed E-state index contributed by atoms with van der Waals surface area (Å²) in [6.07, 6.45) is -0.358. The van der Waals surface area contributed by atoms with Gasteiger partial charge in [-0.05, 0) is 19.8 Å². The summed E-state index contributed by atoms with van der Waals surface area (Å²) in [6.45, 7) is 5.05. The molecular formula is C16H26O7. The molecule has 0 fully saturated rings. The van der Waals surface area contributed by atoms with Crippen molar-refractivity contribution in [2.24, 2.45) is 11.3 Å². The molecule has 132 valence electrons. The predicted molar refractivity (Wildman–Crippen MR) is 81.4 cm³/mol. The molecule has 0 spiro atoms. The van der Waals surface area contributed by atoms with Gasteiger partial charge in [-0.1, -0.05) is 13.8 Å². The zero-order valence-corrected chi connectivity index (χ0v) is 14.5. The van der Waals surface area contributed by atoms with E-state index in [9.17, 15) is 19.2 Å². The van der Waals surface area contributed by atoms with Gasteiger partial charge in [-0.15, -0.1) is 0 Å². The average molecular weight is 330 g/mol. The van der Waals surface area contributed by atoms with Crippen molar-refractivity contribution >= 4 is 23.7 Å². The summed E-state index contributed by atoms with van der Waals surface area (Å²) in [5.41, 5.74) is -1.55. The number of ketones is 1. The van der Waals surface area contributed by atoms with E-state index < -0.39 is 29.2 Å². The van der Waals surface area contributed by atoms with Crippen molar-refractivity contribution in [3.8, 4) is 0 Å². The van der Waals surface area contributed by atoms with Crippen molar-refractivity contribution in [3.63, 3.8) is 0 Å². The number of ether oxygens (including phenoxy) is 3. The molecule has 0 bridgehead atoms. The molecule has 0 aliphatic carbocycles. The quantitative estimate of drug-likeness (QED) is 0.341. The Morgan fingerprint density at radius 2 is 1.35 bits per heavy atom. The molecule has 0 heterocycles. The van der Waals surface area contributed by atoms with E-state index in [0.29, 0.717) is 0 Å². The Kier molecular flexibility index (Phi) is 9.14. The fourth-order valence-corrected chi connectivity index (χ4v) is 2.33. The summed E-state index contributed by atoms with van der Waals surface area (Å²) < 4.78 is 14.2. The van der Waals surface area contributed by atoms with Crippen LogP contribution in [0.2, 0.25) is 0 Å². The van der Waals surface area contributed by atoms with E-state index in [1.54, 1.807) is 20.8 Å². The van der Waals surface area contributed by atoms with Crippen LogP contribution in [0.25, 0.3) is 0 Å². The molecule has 7 nitrogen and oxygen atoms in total. The predicted octanol–water partition coefficient (Wildman–Crippen LogP) is 1.67. The minimum atomic E-state index is -1.55. The zero-order chi connectivity index (χ0) is 18.0. The first-order chi connectivity index (χ1) is 10.7. The largest absolute Gasteiger partial charge is 0.469 e. The maximum Gasteiger partial charge on any atom is 0.319 e. The van der Waals surface area contributed by atoms with Gasteiger partial charge >= 0.3 is 17.9 Å². The highest BCUT2D eigenvalue weighted by atomic mass is 16.5. The van der Waals surface area contributed by atoms with Crippen LogP contribution in [0.5, 0.6) is 0 Å². The van der Waals surface area contributed by atoms with E-state index in [1.807, 2.05) is 0 Å². The molecule has 0 atom stereocenters. The van der Waals surface area contributed by atoms with Crippen LogP contribution >= 0.6 is 0 Å². The van der Waals surface area contributed by atoms with Crippen molar-refractivity contribution < 1.29 is 33.4 Å². The molecule has 0 aromatic heterocycles. The van der Waals surface area contributed by atoms with Crippen molar-refractivity contribution in [3.05, 3.63) is 0 Å². The first-order valence-corrected chi connectivity index (χ1v) is 7.60. The number of carbonyl (C=O) groups excluding carboxylic acids is 4. The highest BCUT2D eigenvalue weighted by Gasteiger charge is 2.47. The number of esters is 3. The van der Waals surface area contributed by atoms with Crippen LogP contribution < -0.4 is 0 Å². The Morgan fingerprint density at radius 1 is 0.913 bits per heavy atom. The molecule has 0 amide bonds. The lowest BCUT2D eigenvalue weighted by Gasteiger charge is -2.31. The van der Waals surface area contributed by atoms with E-state index >= 15 is 0 Å². The van der Waals surface area contributed by atoms with Crippen LogP contribution in [0, 0.1) is 11.3 Å². The Morgan fingerprint density at radius 3 is 1.65 bits per heavy atom. The van der Waals surface area contributed by atoms with Crippen LogP contribution in [-0.4, -0.2) is 44.5 Å². The average Bonchev–Trinajstić information content (AvgIpc) is 2.53. The summed E-state index contributed by atoms with van der Waals surface area (Å²) in [6, 6.07) is 0. The first-order valence-electron chi connectivity index (χ1n) is 7.60. The summed E-state index contributed by atoms with van der Waals surface area (Å²) >= 11 is 0. The van der Waals surface area contributed by atoms with Gasteiger partial charge < -0.3 is 14.2 Å². The van der Waals surface area contributed by atoms with E-state index in [1.165, 1.54) is 14.2 Å². The number of Topliss-reactive ketones (excluding diaryl/α,β-unsaturated/α-hetero) is 1. The molecule has 0 aliphatic heterocycles. The number of rotatable bonds is 10. The van der Waals surface area contributed by atoms with Crippen molar-refractivity contribution in [1.29, 1.82) is 0 Å². The highest BCUT2D eigenvalue weighted by Crippen LogP contribution is 2.36. The van der Waals surface area contributed by atoms with E-state index in [4.69, 9.17) is 4.74 Å². The number of hydrogen-bond acceptors (Lipinski definition) is 7. The Balaban J connectivity index is 5.58. The second-order valence-electron chi connectivity index (χ2n) is 5.47. The molecule has 0 saturated carbocycles. The van der Waals surface area contributed by atoms with Gasteiger partial charge in [-0.25, -0.2) is 0 Å². The summed E-state index contributed by atoms with van der Waals surface area (Å²) in [5.74, 6) is -2.59. The topological polar surface area (TPSA) is 96.0 Å². The molecular weight excluding hydrogens is 304 g/mol. The lowest BCUT2D eigenvalue weighted by molar-refractivity contribution is -0.163. The second-order valence-corrected chi connectivity index (χ2v) is 5.47. The molecule has 0 unspecified atom stereocenters. The molecule has 0 N–H and O–H groups in total. The standard InChI is InChI=1S/C16H26O7/c1-6-23-15(20)16(14(19)11(2)3,9-7-12(17)21-4)10-8-13(18)22-5/h11H,6-10H2,1-5H3. The van der Waals surface area contributed by atoms with Gasteiger partial charge in [0.25, 0.3) is 0 Å². The third kappa shape index (κ3) is 6.00. The van der Waals surface area contributed by atoms with E-state index in [0.717, 1.165) is 0 Å². The molecule has 0 aromatic carbocycles. The Bertz CT molecular complexity index is 420. The SMILES string of the molecule is CCOC(=O)C(CCC(=O)OC)(CCC(=O)OC)C(=O)C(C)C. The van der Waals surface area contributed by atoms with Gasteiger partial charge in [-0.3, -0.25) is 19.2 Å². The molecule has 7 heteroatoms. The van der Waals surface area contributed by atoms with Gasteiger partial charge in [0.05, 0.1) is 20.8 Å². The number of methoxy groups -OCH3 is 2. The van der Waals surface area contributed by atoms with Crippen molar-refractivity contribution in [2.75, 3.05) is 20.8 Å². The zero-order valence-electron chi connectivity index (χ0n) is 14.5. The third-order valence-electron chi connectivity index (χ3n) is 3.63. The molecule has 0 radical (unpaired) electrons. The Hall–Kier alpha value is -1.92. The van der Waals surface area contributed by atoms with Gasteiger partial charge in [-0.2, -0.15) is 0 Å². The highest BCUT2D eigenvalue weighted by molar-refractivity contribution is 6.05. The van der Waals surface area contributed by atoms with Crippen LogP contribution in [0.4, 0.5) is 0 Å². The van der Waals surface area contributed by atoms with Gasteiger partial charge in [0.15, 0.2) is 5.78 Å². The molecule has 0 aromatic rings. The van der Waals surface area contributed by atoms with Gasteiger partial charge in [0, 0.05) is 18.8 Å². The molecule has 23 heavy (non-hydrogen) atoms. The lowest BCUT2D eigenvalue weighted by Crippen LogP contribution is -2.44. The normalized spacial score (nSPS) is 11.0. The fourth-order valence-electron chi connectivity index (χ4n) is 2.33. The van der Waals surface area contributed by atoms with Crippen LogP contribution in [0.1, 0.15) is 46.5 Å². The fraction of sp³-hybridized carbons (Fsp3) is 0.750. The maximum atomic E-state index is 12.7. The van der Waals surface area contributed by atoms with Gasteiger partial charge in [0.2, 0.25) is 0 Å².